The van der Waals surface area contributed by atoms with Gasteiger partial charge in [-0.2, -0.15) is 0 Å². The molecule has 0 bridgehead atoms. The zero-order valence-corrected chi connectivity index (χ0v) is 11.8. The Morgan fingerprint density at radius 2 is 2.11 bits per heavy atom. The molecular weight excluding hydrogens is 262 g/mol. The molecule has 0 aliphatic carbocycles. The number of aryl methyl sites for hydroxylation is 1. The molecular formula is C14H17NO3S. The third-order valence-corrected chi connectivity index (χ3v) is 3.39. The van der Waals surface area contributed by atoms with Crippen LogP contribution in [0.5, 0.6) is 0 Å². The van der Waals surface area contributed by atoms with Crippen molar-refractivity contribution in [2.75, 3.05) is 6.61 Å². The van der Waals surface area contributed by atoms with Gasteiger partial charge in [-0.1, -0.05) is 29.8 Å². The van der Waals surface area contributed by atoms with Crippen LogP contribution in [0.25, 0.3) is 0 Å². The Labute approximate surface area is 118 Å². The minimum Gasteiger partial charge on any atom is -0.479 e. The molecule has 0 unspecified atom stereocenters. The van der Waals surface area contributed by atoms with Crippen LogP contribution in [0, 0.1) is 6.92 Å². The maximum Gasteiger partial charge on any atom is 0.407 e. The van der Waals surface area contributed by atoms with Gasteiger partial charge in [0, 0.05) is 6.42 Å². The maximum atomic E-state index is 11.5. The normalized spacial score (nSPS) is 21.3. The number of carbonyl (C=O) groups is 1. The van der Waals surface area contributed by atoms with E-state index in [1.54, 1.807) is 0 Å². The summed E-state index contributed by atoms with van der Waals surface area (Å²) < 4.78 is 10.2. The van der Waals surface area contributed by atoms with E-state index in [0.717, 1.165) is 5.56 Å². The SMILES string of the molecule is Cc1ccc(CCOC(=O)N[C@H]2C(=S)O[C@H]2C)cc1. The summed E-state index contributed by atoms with van der Waals surface area (Å²) in [7, 11) is 0. The van der Waals surface area contributed by atoms with Crippen molar-refractivity contribution >= 4 is 23.4 Å². The predicted octanol–water partition coefficient (Wildman–Crippen LogP) is 2.38. The molecule has 1 fully saturated rings. The largest absolute Gasteiger partial charge is 0.479 e. The van der Waals surface area contributed by atoms with Gasteiger partial charge in [0.05, 0.1) is 6.61 Å². The smallest absolute Gasteiger partial charge is 0.407 e. The Bertz CT molecular complexity index is 472. The van der Waals surface area contributed by atoms with Gasteiger partial charge in [0.2, 0.25) is 0 Å². The van der Waals surface area contributed by atoms with Crippen LogP contribution in [0.3, 0.4) is 0 Å². The van der Waals surface area contributed by atoms with Crippen LogP contribution in [0.2, 0.25) is 0 Å². The van der Waals surface area contributed by atoms with Crippen molar-refractivity contribution in [2.24, 2.45) is 0 Å². The van der Waals surface area contributed by atoms with Crippen LogP contribution in [-0.2, 0) is 15.9 Å². The molecule has 19 heavy (non-hydrogen) atoms. The summed E-state index contributed by atoms with van der Waals surface area (Å²) >= 11 is 4.91. The quantitative estimate of drug-likeness (QED) is 0.860. The molecule has 2 atom stereocenters. The van der Waals surface area contributed by atoms with Crippen molar-refractivity contribution in [3.63, 3.8) is 0 Å². The predicted molar refractivity (Wildman–Crippen MR) is 76.3 cm³/mol. The Morgan fingerprint density at radius 3 is 2.68 bits per heavy atom. The molecule has 1 aromatic carbocycles. The van der Waals surface area contributed by atoms with E-state index in [4.69, 9.17) is 21.7 Å². The summed E-state index contributed by atoms with van der Waals surface area (Å²) in [5, 5.41) is 3.10. The standard InChI is InChI=1S/C14H17NO3S/c1-9-3-5-11(6-4-9)7-8-17-14(16)15-12-10(2)18-13(12)19/h3-6,10,12H,7-8H2,1-2H3,(H,15,16)/t10-,12+/m0/s1. The van der Waals surface area contributed by atoms with Crippen LogP contribution < -0.4 is 5.32 Å². The zero-order chi connectivity index (χ0) is 13.8. The molecule has 2 rings (SSSR count). The number of hydrogen-bond donors (Lipinski definition) is 1. The van der Waals surface area contributed by atoms with Gasteiger partial charge in [-0.25, -0.2) is 4.79 Å². The average Bonchev–Trinajstić information content (AvgIpc) is 2.39. The number of thiocarbonyl (C=S) groups is 1. The highest BCUT2D eigenvalue weighted by Gasteiger charge is 2.36. The number of ether oxygens (including phenoxy) is 2. The lowest BCUT2D eigenvalue weighted by molar-refractivity contribution is 0.0894. The molecule has 0 saturated carbocycles. The van der Waals surface area contributed by atoms with Crippen molar-refractivity contribution < 1.29 is 14.3 Å². The fourth-order valence-electron chi connectivity index (χ4n) is 1.81. The van der Waals surface area contributed by atoms with Gasteiger partial charge >= 0.3 is 6.09 Å². The molecule has 1 heterocycles. The number of nitrogens with one attached hydrogen (secondary N) is 1. The topological polar surface area (TPSA) is 47.6 Å². The number of benzene rings is 1. The van der Waals surface area contributed by atoms with Crippen LogP contribution in [-0.4, -0.2) is 29.9 Å². The first kappa shape index (κ1) is 13.8. The van der Waals surface area contributed by atoms with Crippen LogP contribution in [0.1, 0.15) is 18.1 Å². The highest BCUT2D eigenvalue weighted by molar-refractivity contribution is 7.80. The minimum atomic E-state index is -0.449. The first-order valence-electron chi connectivity index (χ1n) is 6.25. The third kappa shape index (κ3) is 3.67. The summed E-state index contributed by atoms with van der Waals surface area (Å²) in [5.74, 6) is 0. The van der Waals surface area contributed by atoms with Crippen LogP contribution >= 0.6 is 12.2 Å². The van der Waals surface area contributed by atoms with E-state index in [-0.39, 0.29) is 12.1 Å². The molecule has 4 nitrogen and oxygen atoms in total. The van der Waals surface area contributed by atoms with Gasteiger partial charge in [0.1, 0.15) is 12.1 Å². The Kier molecular flexibility index (Phi) is 4.37. The Hall–Kier alpha value is -1.62. The summed E-state index contributed by atoms with van der Waals surface area (Å²) in [6.45, 7) is 4.25. The number of alkyl carbamates (subject to hydrolysis) is 1. The van der Waals surface area contributed by atoms with E-state index in [9.17, 15) is 4.79 Å². The molecule has 0 spiro atoms. The van der Waals surface area contributed by atoms with E-state index < -0.39 is 6.09 Å². The van der Waals surface area contributed by atoms with Gasteiger partial charge in [-0.3, -0.25) is 0 Å². The highest BCUT2D eigenvalue weighted by atomic mass is 32.1. The van der Waals surface area contributed by atoms with Crippen molar-refractivity contribution in [1.29, 1.82) is 0 Å². The zero-order valence-electron chi connectivity index (χ0n) is 11.0. The van der Waals surface area contributed by atoms with Crippen LogP contribution in [0.15, 0.2) is 24.3 Å². The lowest BCUT2D eigenvalue weighted by atomic mass is 10.1. The van der Waals surface area contributed by atoms with Gasteiger partial charge in [-0.05, 0) is 31.6 Å². The number of carbonyl (C=O) groups excluding carboxylic acids is 1. The van der Waals surface area contributed by atoms with E-state index >= 15 is 0 Å². The molecule has 1 saturated heterocycles. The first-order chi connectivity index (χ1) is 9.06. The lowest BCUT2D eigenvalue weighted by Gasteiger charge is -2.35. The monoisotopic (exact) mass is 279 g/mol. The number of rotatable bonds is 4. The second kappa shape index (κ2) is 6.02. The molecule has 1 aromatic rings. The second-order valence-corrected chi connectivity index (χ2v) is 5.04. The first-order valence-corrected chi connectivity index (χ1v) is 6.66. The summed E-state index contributed by atoms with van der Waals surface area (Å²) in [4.78, 5) is 11.5. The van der Waals surface area contributed by atoms with Crippen molar-refractivity contribution in [1.82, 2.24) is 5.32 Å². The van der Waals surface area contributed by atoms with E-state index in [2.05, 4.69) is 5.32 Å². The molecule has 1 N–H and O–H groups in total. The van der Waals surface area contributed by atoms with Gasteiger partial charge in [-0.15, -0.1) is 0 Å². The number of amides is 1. The van der Waals surface area contributed by atoms with E-state index in [1.807, 2.05) is 38.1 Å². The average molecular weight is 279 g/mol. The summed E-state index contributed by atoms with van der Waals surface area (Å²) in [6.07, 6.45) is 0.182. The van der Waals surface area contributed by atoms with Gasteiger partial charge in [0.15, 0.2) is 5.05 Å². The molecule has 0 radical (unpaired) electrons. The highest BCUT2D eigenvalue weighted by Crippen LogP contribution is 2.15. The van der Waals surface area contributed by atoms with E-state index in [1.165, 1.54) is 5.56 Å². The molecule has 5 heteroatoms. The summed E-state index contributed by atoms with van der Waals surface area (Å²) in [5.41, 5.74) is 2.36. The maximum absolute atomic E-state index is 11.5. The fraction of sp³-hybridized carbons (Fsp3) is 0.429. The second-order valence-electron chi connectivity index (χ2n) is 4.64. The van der Waals surface area contributed by atoms with Gasteiger partial charge in [0.25, 0.3) is 0 Å². The van der Waals surface area contributed by atoms with Gasteiger partial charge < -0.3 is 14.8 Å². The Balaban J connectivity index is 1.69. The lowest BCUT2D eigenvalue weighted by Crippen LogP contribution is -2.57. The molecule has 0 aromatic heterocycles. The molecule has 1 aliphatic rings. The Morgan fingerprint density at radius 1 is 1.42 bits per heavy atom. The van der Waals surface area contributed by atoms with Crippen LogP contribution in [0.4, 0.5) is 4.79 Å². The minimum absolute atomic E-state index is 0.0721. The van der Waals surface area contributed by atoms with E-state index in [0.29, 0.717) is 18.1 Å². The van der Waals surface area contributed by atoms with Crippen molar-refractivity contribution in [2.45, 2.75) is 32.4 Å². The molecule has 1 aliphatic heterocycles. The van der Waals surface area contributed by atoms with Crippen molar-refractivity contribution in [3.8, 4) is 0 Å². The fourth-order valence-corrected chi connectivity index (χ4v) is 2.21. The molecule has 1 amide bonds. The number of hydrogen-bond acceptors (Lipinski definition) is 4. The summed E-state index contributed by atoms with van der Waals surface area (Å²) in [6, 6.07) is 7.95. The van der Waals surface area contributed by atoms with Crippen molar-refractivity contribution in [3.05, 3.63) is 35.4 Å². The third-order valence-electron chi connectivity index (χ3n) is 3.04. The molecule has 102 valence electrons.